The number of methoxy groups -OCH3 is 1. The van der Waals surface area contributed by atoms with Gasteiger partial charge in [-0.15, -0.1) is 0 Å². The fourth-order valence-corrected chi connectivity index (χ4v) is 6.28. The van der Waals surface area contributed by atoms with Crippen molar-refractivity contribution in [1.29, 1.82) is 0 Å². The first kappa shape index (κ1) is 28.7. The van der Waals surface area contributed by atoms with Gasteiger partial charge >= 0.3 is 11.9 Å². The molecule has 14 heteroatoms. The van der Waals surface area contributed by atoms with Crippen LogP contribution in [0.2, 0.25) is 10.2 Å². The second kappa shape index (κ2) is 11.7. The van der Waals surface area contributed by atoms with Crippen LogP contribution in [-0.4, -0.2) is 59.2 Å². The van der Waals surface area contributed by atoms with Crippen molar-refractivity contribution < 1.29 is 24.5 Å². The van der Waals surface area contributed by atoms with E-state index >= 15 is 0 Å². The van der Waals surface area contributed by atoms with E-state index < -0.39 is 17.9 Å². The van der Waals surface area contributed by atoms with Gasteiger partial charge in [0.25, 0.3) is 0 Å². The summed E-state index contributed by atoms with van der Waals surface area (Å²) in [7, 11) is 1.58. The molecule has 0 spiro atoms. The molecule has 0 bridgehead atoms. The van der Waals surface area contributed by atoms with Crippen molar-refractivity contribution in [3.63, 3.8) is 0 Å². The Balaban J connectivity index is 0.000000167. The zero-order valence-electron chi connectivity index (χ0n) is 22.9. The predicted octanol–water partition coefficient (Wildman–Crippen LogP) is 5.35. The number of aromatic nitrogens is 6. The summed E-state index contributed by atoms with van der Waals surface area (Å²) in [5, 5.41) is 24.3. The number of carboxylic acid groups (broad SMARTS) is 2. The van der Waals surface area contributed by atoms with Gasteiger partial charge in [0, 0.05) is 16.4 Å². The second-order valence-corrected chi connectivity index (χ2v) is 11.3. The fourth-order valence-electron chi connectivity index (χ4n) is 5.86. The maximum absolute atomic E-state index is 11.4. The average Bonchev–Trinajstić information content (AvgIpc) is 3.56. The van der Waals surface area contributed by atoms with Crippen LogP contribution in [0.3, 0.4) is 0 Å². The Kier molecular flexibility index (Phi) is 7.80. The summed E-state index contributed by atoms with van der Waals surface area (Å²) in [6.45, 7) is 0. The predicted molar refractivity (Wildman–Crippen MR) is 160 cm³/mol. The topological polar surface area (TPSA) is 179 Å². The normalized spacial score (nSPS) is 17.5. The van der Waals surface area contributed by atoms with Crippen molar-refractivity contribution in [1.82, 2.24) is 29.9 Å². The van der Waals surface area contributed by atoms with Crippen molar-refractivity contribution in [2.24, 2.45) is 11.8 Å². The van der Waals surface area contributed by atoms with E-state index in [1.165, 1.54) is 12.7 Å². The molecule has 4 heterocycles. The molecule has 0 amide bonds. The lowest BCUT2D eigenvalue weighted by atomic mass is 9.86. The number of nitrogens with one attached hydrogen (secondary N) is 3. The molecular weight excluding hydrogens is 597 g/mol. The van der Waals surface area contributed by atoms with Crippen LogP contribution in [0.15, 0.2) is 30.9 Å². The van der Waals surface area contributed by atoms with Crippen molar-refractivity contribution >= 4 is 68.7 Å². The first-order valence-corrected chi connectivity index (χ1v) is 14.4. The summed E-state index contributed by atoms with van der Waals surface area (Å²) in [5.41, 5.74) is 6.06. The van der Waals surface area contributed by atoms with Gasteiger partial charge in [-0.1, -0.05) is 23.2 Å². The van der Waals surface area contributed by atoms with E-state index in [0.29, 0.717) is 70.8 Å². The molecule has 7 rings (SSSR count). The number of benzene rings is 1. The number of nitrogens with zero attached hydrogens (tertiary/aromatic N) is 4. The molecule has 0 aliphatic heterocycles. The minimum atomic E-state index is -0.770. The molecule has 0 radical (unpaired) electrons. The SMILES string of the molecule is COc1ccc(Cl)cc1Nc1ncnc2[nH]c3c(c12)CC(C(=O)O)CC3.O=C(O)C1CCc2[nH]c3ncnc(Cl)c3c2C1. The highest BCUT2D eigenvalue weighted by Gasteiger charge is 2.30. The molecule has 0 fully saturated rings. The van der Waals surface area contributed by atoms with Crippen LogP contribution in [0.25, 0.3) is 22.1 Å². The van der Waals surface area contributed by atoms with Gasteiger partial charge in [-0.25, -0.2) is 19.9 Å². The van der Waals surface area contributed by atoms with Crippen LogP contribution in [-0.2, 0) is 35.3 Å². The summed E-state index contributed by atoms with van der Waals surface area (Å²) in [6.07, 6.45) is 6.51. The van der Waals surface area contributed by atoms with Gasteiger partial charge in [0.05, 0.1) is 35.4 Å². The molecule has 0 saturated carbocycles. The highest BCUT2D eigenvalue weighted by molar-refractivity contribution is 6.34. The number of hydrogen-bond acceptors (Lipinski definition) is 8. The van der Waals surface area contributed by atoms with Crippen LogP contribution in [0.4, 0.5) is 11.5 Å². The molecule has 5 aromatic rings. The third kappa shape index (κ3) is 5.55. The smallest absolute Gasteiger partial charge is 0.306 e. The Morgan fingerprint density at radius 3 is 2.07 bits per heavy atom. The van der Waals surface area contributed by atoms with Gasteiger partial charge in [-0.3, -0.25) is 9.59 Å². The summed E-state index contributed by atoms with van der Waals surface area (Å²) >= 11 is 12.2. The van der Waals surface area contributed by atoms with E-state index in [9.17, 15) is 14.7 Å². The van der Waals surface area contributed by atoms with Crippen LogP contribution in [0, 0.1) is 11.8 Å². The molecule has 12 nitrogen and oxygen atoms in total. The van der Waals surface area contributed by atoms with E-state index in [1.54, 1.807) is 25.3 Å². The zero-order chi connectivity index (χ0) is 30.2. The second-order valence-electron chi connectivity index (χ2n) is 10.5. The summed E-state index contributed by atoms with van der Waals surface area (Å²) in [6, 6.07) is 5.28. The molecule has 1 aromatic carbocycles. The zero-order valence-corrected chi connectivity index (χ0v) is 24.5. The van der Waals surface area contributed by atoms with Crippen LogP contribution in [0.5, 0.6) is 5.75 Å². The van der Waals surface area contributed by atoms with Crippen LogP contribution in [0.1, 0.15) is 35.4 Å². The number of rotatable bonds is 5. The molecule has 43 heavy (non-hydrogen) atoms. The van der Waals surface area contributed by atoms with Gasteiger partial charge in [0.2, 0.25) is 0 Å². The van der Waals surface area contributed by atoms with E-state index in [1.807, 2.05) is 0 Å². The summed E-state index contributed by atoms with van der Waals surface area (Å²) in [5.74, 6) is -1.02. The lowest BCUT2D eigenvalue weighted by Crippen LogP contribution is -2.21. The number of ether oxygens (including phenoxy) is 1. The van der Waals surface area contributed by atoms with E-state index in [2.05, 4.69) is 35.2 Å². The molecule has 4 aromatic heterocycles. The van der Waals surface area contributed by atoms with Gasteiger partial charge in [-0.2, -0.15) is 0 Å². The quantitative estimate of drug-likeness (QED) is 0.160. The summed E-state index contributed by atoms with van der Waals surface area (Å²) < 4.78 is 5.38. The third-order valence-electron chi connectivity index (χ3n) is 8.02. The number of anilines is 2. The fraction of sp³-hybridized carbons (Fsp3) is 0.310. The number of hydrogen-bond donors (Lipinski definition) is 5. The Morgan fingerprint density at radius 1 is 0.884 bits per heavy atom. The van der Waals surface area contributed by atoms with Gasteiger partial charge < -0.3 is 30.2 Å². The molecule has 2 aliphatic carbocycles. The number of fused-ring (bicyclic) bond motifs is 6. The maximum atomic E-state index is 11.4. The first-order valence-electron chi connectivity index (χ1n) is 13.6. The molecule has 2 atom stereocenters. The van der Waals surface area contributed by atoms with Crippen molar-refractivity contribution in [3.05, 3.63) is 63.5 Å². The monoisotopic (exact) mass is 623 g/mol. The standard InChI is InChI=1S/C18H17ClN4O3.C11H10ClN3O2/c1-26-14-5-3-10(19)7-13(14)23-17-15-11-6-9(18(24)25)2-4-12(11)22-16(15)20-8-21-17;12-9-8-6-3-5(11(16)17)1-2-7(6)15-10(8)14-4-13-9/h3,5,7-9H,2,4,6H2,1H3,(H,24,25)(H2,20,21,22,23);4-5H,1-3H2,(H,16,17)(H,13,14,15). The molecule has 5 N–H and O–H groups in total. The maximum Gasteiger partial charge on any atom is 0.306 e. The lowest BCUT2D eigenvalue weighted by Gasteiger charge is -2.19. The number of aliphatic carboxylic acids is 2. The lowest BCUT2D eigenvalue weighted by molar-refractivity contribution is -0.143. The number of H-pyrrole nitrogens is 2. The Bertz CT molecular complexity index is 1870. The Hall–Kier alpha value is -4.42. The average molecular weight is 624 g/mol. The van der Waals surface area contributed by atoms with Gasteiger partial charge in [0.15, 0.2) is 0 Å². The Morgan fingerprint density at radius 2 is 1.47 bits per heavy atom. The number of aromatic amines is 2. The molecular formula is C29H27Cl2N7O5. The van der Waals surface area contributed by atoms with E-state index in [-0.39, 0.29) is 5.92 Å². The van der Waals surface area contributed by atoms with E-state index in [4.69, 9.17) is 33.0 Å². The molecule has 2 aliphatic rings. The number of carboxylic acids is 2. The van der Waals surface area contributed by atoms with Crippen molar-refractivity contribution in [2.45, 2.75) is 38.5 Å². The minimum absolute atomic E-state index is 0.335. The molecule has 2 unspecified atom stereocenters. The Labute approximate surface area is 254 Å². The van der Waals surface area contributed by atoms with E-state index in [0.717, 1.165) is 39.7 Å². The highest BCUT2D eigenvalue weighted by atomic mass is 35.5. The largest absolute Gasteiger partial charge is 0.495 e. The minimum Gasteiger partial charge on any atom is -0.495 e. The van der Waals surface area contributed by atoms with Crippen molar-refractivity contribution in [2.75, 3.05) is 12.4 Å². The van der Waals surface area contributed by atoms with Crippen LogP contribution < -0.4 is 10.1 Å². The molecule has 0 saturated heterocycles. The summed E-state index contributed by atoms with van der Waals surface area (Å²) in [4.78, 5) is 45.7. The van der Waals surface area contributed by atoms with Crippen molar-refractivity contribution in [3.8, 4) is 5.75 Å². The molecule has 222 valence electrons. The number of halogens is 2. The van der Waals surface area contributed by atoms with Gasteiger partial charge in [0.1, 0.15) is 40.7 Å². The number of carbonyl (C=O) groups is 2. The number of aryl methyl sites for hydroxylation is 2. The van der Waals surface area contributed by atoms with Gasteiger partial charge in [-0.05, 0) is 67.9 Å². The first-order chi connectivity index (χ1) is 20.7. The third-order valence-corrected chi connectivity index (χ3v) is 8.54. The van der Waals surface area contributed by atoms with Crippen LogP contribution >= 0.6 is 23.2 Å². The highest BCUT2D eigenvalue weighted by Crippen LogP contribution is 2.37.